The van der Waals surface area contributed by atoms with Crippen LogP contribution in [0.4, 0.5) is 0 Å². The average Bonchev–Trinajstić information content (AvgIpc) is 2.99. The van der Waals surface area contributed by atoms with Crippen LogP contribution in [-0.2, 0) is 17.9 Å². The molecule has 0 saturated heterocycles. The van der Waals surface area contributed by atoms with Crippen molar-refractivity contribution < 1.29 is 19.4 Å². The summed E-state index contributed by atoms with van der Waals surface area (Å²) in [5, 5.41) is 21.8. The number of nitrogens with zero attached hydrogens (tertiary/aromatic N) is 2. The van der Waals surface area contributed by atoms with E-state index in [1.165, 1.54) is 0 Å². The van der Waals surface area contributed by atoms with E-state index in [0.29, 0.717) is 28.4 Å². The third kappa shape index (κ3) is 8.63. The Kier molecular flexibility index (Phi) is 12.1. The van der Waals surface area contributed by atoms with Gasteiger partial charge in [-0.25, -0.2) is 4.98 Å². The first kappa shape index (κ1) is 30.8. The standard InChI is InChI=1S/C31H29BrClN3O4/c1-3-7-27(23-8-5-4-6-9-23)31(32)21(2)19-39-30-14-29(40-20-22-10-11-35-25(12-22)15-34)24(13-28(30)33)16-36-26(17-37)18-38/h3-14,17,26,36,38H,1,16,18-20H2,2H3/b27-7-,31-21-/t26-/m1/s1. The molecule has 7 nitrogen and oxygen atoms in total. The number of aliphatic hydroxyl groups is 1. The van der Waals surface area contributed by atoms with Crippen LogP contribution in [0.3, 0.4) is 0 Å². The number of hydrogen-bond donors (Lipinski definition) is 2. The molecule has 3 aromatic rings. The Bertz CT molecular complexity index is 1430. The molecule has 0 spiro atoms. The van der Waals surface area contributed by atoms with E-state index >= 15 is 0 Å². The normalized spacial score (nSPS) is 12.6. The predicted octanol–water partition coefficient (Wildman–Crippen LogP) is 6.15. The largest absolute Gasteiger partial charge is 0.488 e. The van der Waals surface area contributed by atoms with E-state index in [1.54, 1.807) is 36.5 Å². The highest BCUT2D eigenvalue weighted by atomic mass is 79.9. The molecule has 0 fully saturated rings. The number of nitriles is 1. The van der Waals surface area contributed by atoms with Gasteiger partial charge in [0.25, 0.3) is 0 Å². The SMILES string of the molecule is C=C/C=C(\C(Br)=C(/C)COc1cc(OCc2ccnc(C#N)c2)c(CN[C@H](C=O)CO)cc1Cl)c1ccccc1. The van der Waals surface area contributed by atoms with Gasteiger partial charge < -0.3 is 24.7 Å². The maximum absolute atomic E-state index is 11.2. The molecule has 0 aliphatic rings. The smallest absolute Gasteiger partial charge is 0.142 e. The number of pyridine rings is 1. The minimum Gasteiger partial charge on any atom is -0.488 e. The molecular formula is C31H29BrClN3O4. The zero-order chi connectivity index (χ0) is 28.9. The van der Waals surface area contributed by atoms with Crippen molar-refractivity contribution in [1.82, 2.24) is 10.3 Å². The van der Waals surface area contributed by atoms with Crippen molar-refractivity contribution in [2.24, 2.45) is 0 Å². The summed E-state index contributed by atoms with van der Waals surface area (Å²) in [5.41, 5.74) is 4.64. The highest BCUT2D eigenvalue weighted by Crippen LogP contribution is 2.35. The van der Waals surface area contributed by atoms with Gasteiger partial charge in [0.2, 0.25) is 0 Å². The topological polar surface area (TPSA) is 104 Å². The molecule has 0 saturated carbocycles. The fourth-order valence-electron chi connectivity index (χ4n) is 3.65. The molecule has 2 aromatic carbocycles. The molecule has 40 heavy (non-hydrogen) atoms. The number of aldehydes is 1. The molecule has 1 aromatic heterocycles. The zero-order valence-electron chi connectivity index (χ0n) is 21.9. The van der Waals surface area contributed by atoms with Gasteiger partial charge in [-0.05, 0) is 47.4 Å². The van der Waals surface area contributed by atoms with Crippen LogP contribution in [0.5, 0.6) is 11.5 Å². The molecule has 3 rings (SSSR count). The number of allylic oxidation sites excluding steroid dienone is 4. The van der Waals surface area contributed by atoms with Crippen LogP contribution >= 0.6 is 27.5 Å². The maximum atomic E-state index is 11.2. The molecule has 1 heterocycles. The summed E-state index contributed by atoms with van der Waals surface area (Å²) < 4.78 is 13.1. The van der Waals surface area contributed by atoms with Crippen molar-refractivity contribution in [3.8, 4) is 17.6 Å². The van der Waals surface area contributed by atoms with Crippen molar-refractivity contribution in [2.45, 2.75) is 26.1 Å². The van der Waals surface area contributed by atoms with Crippen molar-refractivity contribution in [1.29, 1.82) is 5.26 Å². The molecule has 9 heteroatoms. The zero-order valence-corrected chi connectivity index (χ0v) is 24.3. The van der Waals surface area contributed by atoms with Gasteiger partial charge in [-0.3, -0.25) is 0 Å². The minimum absolute atomic E-state index is 0.166. The first-order chi connectivity index (χ1) is 19.4. The van der Waals surface area contributed by atoms with Crippen LogP contribution in [0.25, 0.3) is 5.57 Å². The number of benzene rings is 2. The van der Waals surface area contributed by atoms with Crippen LogP contribution in [0.2, 0.25) is 5.02 Å². The second kappa shape index (κ2) is 15.8. The lowest BCUT2D eigenvalue weighted by Crippen LogP contribution is -2.33. The molecule has 0 bridgehead atoms. The Balaban J connectivity index is 1.86. The van der Waals surface area contributed by atoms with Crippen LogP contribution in [0.1, 0.15) is 29.3 Å². The Hall–Kier alpha value is -3.74. The summed E-state index contributed by atoms with van der Waals surface area (Å²) >= 11 is 10.3. The summed E-state index contributed by atoms with van der Waals surface area (Å²) in [6.07, 6.45) is 5.85. The lowest BCUT2D eigenvalue weighted by Gasteiger charge is -2.18. The van der Waals surface area contributed by atoms with Crippen LogP contribution in [-0.4, -0.2) is 35.6 Å². The highest BCUT2D eigenvalue weighted by Gasteiger charge is 2.15. The number of carbonyl (C=O) groups excluding carboxylic acids is 1. The fraction of sp³-hybridized carbons (Fsp3) is 0.194. The second-order valence-electron chi connectivity index (χ2n) is 8.71. The lowest BCUT2D eigenvalue weighted by molar-refractivity contribution is -0.110. The van der Waals surface area contributed by atoms with E-state index in [1.807, 2.05) is 49.4 Å². The number of ether oxygens (including phenoxy) is 2. The van der Waals surface area contributed by atoms with Gasteiger partial charge in [-0.15, -0.1) is 0 Å². The van der Waals surface area contributed by atoms with Crippen LogP contribution < -0.4 is 14.8 Å². The fourth-order valence-corrected chi connectivity index (χ4v) is 4.37. The van der Waals surface area contributed by atoms with E-state index < -0.39 is 6.04 Å². The van der Waals surface area contributed by atoms with E-state index in [9.17, 15) is 9.90 Å². The van der Waals surface area contributed by atoms with Gasteiger partial charge in [0.1, 0.15) is 42.8 Å². The highest BCUT2D eigenvalue weighted by molar-refractivity contribution is 9.12. The number of aromatic nitrogens is 1. The quantitative estimate of drug-likeness (QED) is 0.164. The summed E-state index contributed by atoms with van der Waals surface area (Å²) in [6, 6.07) is 18.0. The van der Waals surface area contributed by atoms with E-state index in [0.717, 1.165) is 26.8 Å². The van der Waals surface area contributed by atoms with Gasteiger partial charge in [-0.1, -0.05) is 76.6 Å². The van der Waals surface area contributed by atoms with Gasteiger partial charge in [0, 0.05) is 28.9 Å². The Morgan fingerprint density at radius 3 is 2.67 bits per heavy atom. The number of aliphatic hydroxyl groups excluding tert-OH is 1. The maximum Gasteiger partial charge on any atom is 0.142 e. The number of carbonyl (C=O) groups is 1. The van der Waals surface area contributed by atoms with E-state index in [4.69, 9.17) is 26.3 Å². The Morgan fingerprint density at radius 2 is 2.00 bits per heavy atom. The molecular weight excluding hydrogens is 594 g/mol. The molecule has 0 unspecified atom stereocenters. The lowest BCUT2D eigenvalue weighted by atomic mass is 10.0. The van der Waals surface area contributed by atoms with Crippen molar-refractivity contribution in [3.05, 3.63) is 117 Å². The van der Waals surface area contributed by atoms with Crippen molar-refractivity contribution in [2.75, 3.05) is 13.2 Å². The van der Waals surface area contributed by atoms with Crippen molar-refractivity contribution >= 4 is 39.4 Å². The van der Waals surface area contributed by atoms with E-state index in [-0.39, 0.29) is 32.1 Å². The first-order valence-corrected chi connectivity index (χ1v) is 13.5. The number of halogens is 2. The Morgan fingerprint density at radius 1 is 1.23 bits per heavy atom. The number of hydrogen-bond acceptors (Lipinski definition) is 7. The van der Waals surface area contributed by atoms with Crippen LogP contribution in [0.15, 0.2) is 89.6 Å². The molecule has 0 aliphatic carbocycles. The number of nitrogens with one attached hydrogen (secondary N) is 1. The van der Waals surface area contributed by atoms with E-state index in [2.05, 4.69) is 32.8 Å². The number of rotatable bonds is 14. The van der Waals surface area contributed by atoms with Crippen molar-refractivity contribution in [3.63, 3.8) is 0 Å². The third-order valence-electron chi connectivity index (χ3n) is 5.79. The van der Waals surface area contributed by atoms with Gasteiger partial charge in [0.15, 0.2) is 0 Å². The van der Waals surface area contributed by atoms with Gasteiger partial charge >= 0.3 is 0 Å². The molecule has 1 atom stereocenters. The second-order valence-corrected chi connectivity index (χ2v) is 9.91. The summed E-state index contributed by atoms with van der Waals surface area (Å²) in [6.45, 7) is 6.08. The molecule has 0 aliphatic heterocycles. The third-order valence-corrected chi connectivity index (χ3v) is 7.19. The van der Waals surface area contributed by atoms with Crippen LogP contribution in [0, 0.1) is 11.3 Å². The van der Waals surface area contributed by atoms with Gasteiger partial charge in [0.05, 0.1) is 17.7 Å². The molecule has 0 radical (unpaired) electrons. The first-order valence-electron chi connectivity index (χ1n) is 12.4. The summed E-state index contributed by atoms with van der Waals surface area (Å²) in [4.78, 5) is 15.2. The monoisotopic (exact) mass is 621 g/mol. The molecule has 0 amide bonds. The molecule has 206 valence electrons. The molecule has 2 N–H and O–H groups in total. The van der Waals surface area contributed by atoms with Gasteiger partial charge in [-0.2, -0.15) is 5.26 Å². The Labute approximate surface area is 247 Å². The minimum atomic E-state index is -0.728. The summed E-state index contributed by atoms with van der Waals surface area (Å²) in [7, 11) is 0. The predicted molar refractivity (Wildman–Crippen MR) is 160 cm³/mol. The summed E-state index contributed by atoms with van der Waals surface area (Å²) in [5.74, 6) is 0.887. The average molecular weight is 623 g/mol.